The predicted molar refractivity (Wildman–Crippen MR) is 76.6 cm³/mol. The van der Waals surface area contributed by atoms with E-state index in [9.17, 15) is 4.79 Å². The third-order valence-electron chi connectivity index (χ3n) is 3.56. The van der Waals surface area contributed by atoms with Crippen LogP contribution >= 0.6 is 12.4 Å². The predicted octanol–water partition coefficient (Wildman–Crippen LogP) is 3.40. The average molecular weight is 281 g/mol. The van der Waals surface area contributed by atoms with E-state index in [0.717, 1.165) is 16.5 Å². The molecule has 1 aliphatic heterocycles. The average Bonchev–Trinajstić information content (AvgIpc) is 2.80. The summed E-state index contributed by atoms with van der Waals surface area (Å²) < 4.78 is 5.08. The fourth-order valence-electron chi connectivity index (χ4n) is 2.55. The van der Waals surface area contributed by atoms with Gasteiger partial charge in [-0.2, -0.15) is 0 Å². The SMILES string of the molecule is CC1(C)COC(=O)N[C@@H]1c1cccc2[nH]ccc12.Cl. The van der Waals surface area contributed by atoms with Gasteiger partial charge >= 0.3 is 6.09 Å². The summed E-state index contributed by atoms with van der Waals surface area (Å²) in [5, 5.41) is 4.08. The lowest BCUT2D eigenvalue weighted by molar-refractivity contribution is 0.0391. The van der Waals surface area contributed by atoms with Gasteiger partial charge in [0.15, 0.2) is 0 Å². The summed E-state index contributed by atoms with van der Waals surface area (Å²) in [6, 6.07) is 8.12. The van der Waals surface area contributed by atoms with Gasteiger partial charge in [0.05, 0.1) is 6.04 Å². The number of aromatic nitrogens is 1. The molecule has 1 amide bonds. The second kappa shape index (κ2) is 4.78. The summed E-state index contributed by atoms with van der Waals surface area (Å²) in [6.45, 7) is 4.63. The quantitative estimate of drug-likeness (QED) is 0.841. The van der Waals surface area contributed by atoms with Crippen LogP contribution in [0.5, 0.6) is 0 Å². The molecule has 1 aromatic heterocycles. The number of hydrogen-bond donors (Lipinski definition) is 2. The zero-order valence-corrected chi connectivity index (χ0v) is 11.7. The largest absolute Gasteiger partial charge is 0.449 e. The van der Waals surface area contributed by atoms with E-state index in [1.165, 1.54) is 0 Å². The lowest BCUT2D eigenvalue weighted by Gasteiger charge is -2.38. The molecule has 1 aliphatic rings. The van der Waals surface area contributed by atoms with Crippen molar-refractivity contribution in [1.82, 2.24) is 10.3 Å². The van der Waals surface area contributed by atoms with E-state index >= 15 is 0 Å². The van der Waals surface area contributed by atoms with Crippen molar-refractivity contribution in [2.45, 2.75) is 19.9 Å². The van der Waals surface area contributed by atoms with Crippen LogP contribution in [0.4, 0.5) is 4.79 Å². The molecule has 0 unspecified atom stereocenters. The maximum atomic E-state index is 11.5. The van der Waals surface area contributed by atoms with Crippen LogP contribution in [0.1, 0.15) is 25.5 Å². The lowest BCUT2D eigenvalue weighted by Crippen LogP contribution is -2.46. The topological polar surface area (TPSA) is 54.1 Å². The minimum atomic E-state index is -0.341. The van der Waals surface area contributed by atoms with Crippen molar-refractivity contribution in [3.05, 3.63) is 36.0 Å². The molecule has 5 heteroatoms. The van der Waals surface area contributed by atoms with Crippen LogP contribution in [0.3, 0.4) is 0 Å². The number of rotatable bonds is 1. The number of hydrogen-bond acceptors (Lipinski definition) is 2. The molecule has 19 heavy (non-hydrogen) atoms. The monoisotopic (exact) mass is 280 g/mol. The molecular formula is C14H17ClN2O2. The van der Waals surface area contributed by atoms with Gasteiger partial charge in [-0.25, -0.2) is 4.79 Å². The molecule has 3 rings (SSSR count). The van der Waals surface area contributed by atoms with E-state index in [1.807, 2.05) is 24.4 Å². The van der Waals surface area contributed by atoms with E-state index in [2.05, 4.69) is 30.2 Å². The first-order chi connectivity index (χ1) is 8.58. The Morgan fingerprint density at radius 1 is 1.32 bits per heavy atom. The van der Waals surface area contributed by atoms with E-state index in [-0.39, 0.29) is 30.0 Å². The van der Waals surface area contributed by atoms with E-state index < -0.39 is 0 Å². The molecular weight excluding hydrogens is 264 g/mol. The van der Waals surface area contributed by atoms with Crippen molar-refractivity contribution in [3.8, 4) is 0 Å². The summed E-state index contributed by atoms with van der Waals surface area (Å²) in [4.78, 5) is 14.7. The Hall–Kier alpha value is -1.68. The number of fused-ring (bicyclic) bond motifs is 1. The molecule has 1 aromatic carbocycles. The maximum Gasteiger partial charge on any atom is 0.407 e. The van der Waals surface area contributed by atoms with Gasteiger partial charge in [-0.15, -0.1) is 12.4 Å². The molecule has 2 aromatic rings. The zero-order valence-electron chi connectivity index (χ0n) is 10.9. The molecule has 4 nitrogen and oxygen atoms in total. The molecule has 0 aliphatic carbocycles. The number of alkyl carbamates (subject to hydrolysis) is 1. The number of halogens is 1. The Bertz CT molecular complexity index is 606. The molecule has 0 spiro atoms. The molecule has 1 saturated heterocycles. The summed E-state index contributed by atoms with van der Waals surface area (Å²) in [5.41, 5.74) is 2.10. The second-order valence-corrected chi connectivity index (χ2v) is 5.43. The smallest absolute Gasteiger partial charge is 0.407 e. The first kappa shape index (κ1) is 13.7. The Morgan fingerprint density at radius 3 is 2.89 bits per heavy atom. The Balaban J connectivity index is 0.00000133. The minimum absolute atomic E-state index is 0. The number of amides is 1. The number of aromatic amines is 1. The minimum Gasteiger partial charge on any atom is -0.449 e. The highest BCUT2D eigenvalue weighted by Gasteiger charge is 2.38. The van der Waals surface area contributed by atoms with Crippen molar-refractivity contribution in [2.75, 3.05) is 6.61 Å². The van der Waals surface area contributed by atoms with Gasteiger partial charge in [-0.3, -0.25) is 0 Å². The number of ether oxygens (including phenoxy) is 1. The van der Waals surface area contributed by atoms with Gasteiger partial charge in [0.1, 0.15) is 6.61 Å². The van der Waals surface area contributed by atoms with Gasteiger partial charge in [0.25, 0.3) is 0 Å². The number of benzene rings is 1. The Labute approximate surface area is 117 Å². The van der Waals surface area contributed by atoms with Gasteiger partial charge in [0, 0.05) is 22.5 Å². The van der Waals surface area contributed by atoms with Crippen molar-refractivity contribution in [3.63, 3.8) is 0 Å². The van der Waals surface area contributed by atoms with Crippen LogP contribution in [0.15, 0.2) is 30.5 Å². The maximum absolute atomic E-state index is 11.5. The number of carbonyl (C=O) groups excluding carboxylic acids is 1. The standard InChI is InChI=1S/C14H16N2O2.ClH/c1-14(2)8-18-13(17)16-12(14)10-4-3-5-11-9(10)6-7-15-11;/h3-7,12,15H,8H2,1-2H3,(H,16,17);1H/t12-;/m1./s1. The van der Waals surface area contributed by atoms with Crippen molar-refractivity contribution in [2.24, 2.45) is 5.41 Å². The fourth-order valence-corrected chi connectivity index (χ4v) is 2.55. The number of cyclic esters (lactones) is 1. The molecule has 1 atom stereocenters. The van der Waals surface area contributed by atoms with Gasteiger partial charge in [-0.05, 0) is 17.7 Å². The van der Waals surface area contributed by atoms with Crippen LogP contribution in [0.25, 0.3) is 10.9 Å². The van der Waals surface area contributed by atoms with E-state index in [4.69, 9.17) is 4.74 Å². The molecule has 102 valence electrons. The molecule has 0 radical (unpaired) electrons. The van der Waals surface area contributed by atoms with Gasteiger partial charge in [0.2, 0.25) is 0 Å². The number of carbonyl (C=O) groups is 1. The lowest BCUT2D eigenvalue weighted by atomic mass is 9.79. The highest BCUT2D eigenvalue weighted by Crippen LogP contribution is 2.38. The molecule has 1 fully saturated rings. The second-order valence-electron chi connectivity index (χ2n) is 5.43. The van der Waals surface area contributed by atoms with Crippen LogP contribution in [0, 0.1) is 5.41 Å². The first-order valence-electron chi connectivity index (χ1n) is 6.07. The third kappa shape index (κ3) is 2.28. The summed E-state index contributed by atoms with van der Waals surface area (Å²) in [5.74, 6) is 0. The highest BCUT2D eigenvalue weighted by atomic mass is 35.5. The van der Waals surface area contributed by atoms with Crippen LogP contribution in [-0.2, 0) is 4.74 Å². The highest BCUT2D eigenvalue weighted by molar-refractivity contribution is 5.85. The Morgan fingerprint density at radius 2 is 2.11 bits per heavy atom. The fraction of sp³-hybridized carbons (Fsp3) is 0.357. The molecule has 0 saturated carbocycles. The normalized spacial score (nSPS) is 21.4. The number of nitrogens with one attached hydrogen (secondary N) is 2. The third-order valence-corrected chi connectivity index (χ3v) is 3.56. The zero-order chi connectivity index (χ0) is 12.8. The summed E-state index contributed by atoms with van der Waals surface area (Å²) in [6.07, 6.45) is 1.58. The molecule has 0 bridgehead atoms. The van der Waals surface area contributed by atoms with Crippen molar-refractivity contribution in [1.29, 1.82) is 0 Å². The van der Waals surface area contributed by atoms with Gasteiger partial charge < -0.3 is 15.0 Å². The van der Waals surface area contributed by atoms with Gasteiger partial charge in [-0.1, -0.05) is 26.0 Å². The van der Waals surface area contributed by atoms with Crippen LogP contribution < -0.4 is 5.32 Å². The number of H-pyrrole nitrogens is 1. The Kier molecular flexibility index (Phi) is 3.45. The van der Waals surface area contributed by atoms with E-state index in [0.29, 0.717) is 6.61 Å². The van der Waals surface area contributed by atoms with Crippen LogP contribution in [-0.4, -0.2) is 17.7 Å². The van der Waals surface area contributed by atoms with Crippen LogP contribution in [0.2, 0.25) is 0 Å². The first-order valence-corrected chi connectivity index (χ1v) is 6.07. The van der Waals surface area contributed by atoms with Crippen molar-refractivity contribution >= 4 is 29.4 Å². The molecule has 2 N–H and O–H groups in total. The summed E-state index contributed by atoms with van der Waals surface area (Å²) >= 11 is 0. The van der Waals surface area contributed by atoms with Crippen molar-refractivity contribution < 1.29 is 9.53 Å². The molecule has 2 heterocycles. The summed E-state index contributed by atoms with van der Waals surface area (Å²) in [7, 11) is 0. The van der Waals surface area contributed by atoms with E-state index in [1.54, 1.807) is 0 Å².